The lowest BCUT2D eigenvalue weighted by molar-refractivity contribution is 0.0526. The molecule has 0 aliphatic carbocycles. The molecule has 28 heavy (non-hydrogen) atoms. The Hall–Kier alpha value is -3.00. The zero-order valence-electron chi connectivity index (χ0n) is 16.3. The summed E-state index contributed by atoms with van der Waals surface area (Å²) in [7, 11) is 4.69. The fraction of sp³-hybridized carbons (Fsp3) is 0.300. The van der Waals surface area contributed by atoms with E-state index in [1.807, 2.05) is 18.2 Å². The molecular formula is C20H24N2O5S. The Morgan fingerprint density at radius 2 is 1.71 bits per heavy atom. The Bertz CT molecular complexity index is 816. The standard InChI is InChI=1S/C20H24N2O5S/c1-5-27-19(23)14-7-6-8-15(11-14)22-20(28)21-12-13-9-16(24-2)18(26-4)17(10-13)25-3/h6-11H,5,12H2,1-4H3,(H2,21,22,28). The summed E-state index contributed by atoms with van der Waals surface area (Å²) in [4.78, 5) is 11.8. The average molecular weight is 404 g/mol. The van der Waals surface area contributed by atoms with Gasteiger partial charge in [0, 0.05) is 12.2 Å². The van der Waals surface area contributed by atoms with E-state index in [9.17, 15) is 4.79 Å². The molecule has 7 nitrogen and oxygen atoms in total. The van der Waals surface area contributed by atoms with Gasteiger partial charge in [-0.3, -0.25) is 0 Å². The van der Waals surface area contributed by atoms with Gasteiger partial charge in [0.25, 0.3) is 0 Å². The van der Waals surface area contributed by atoms with Crippen LogP contribution in [0.5, 0.6) is 17.2 Å². The molecule has 2 aromatic rings. The summed E-state index contributed by atoms with van der Waals surface area (Å²) in [5.74, 6) is 1.30. The average Bonchev–Trinajstić information content (AvgIpc) is 2.71. The Morgan fingerprint density at radius 3 is 2.29 bits per heavy atom. The first-order chi connectivity index (χ1) is 13.5. The molecule has 0 bridgehead atoms. The van der Waals surface area contributed by atoms with Gasteiger partial charge in [0.1, 0.15) is 0 Å². The lowest BCUT2D eigenvalue weighted by Gasteiger charge is -2.15. The third-order valence-electron chi connectivity index (χ3n) is 3.81. The van der Waals surface area contributed by atoms with Crippen molar-refractivity contribution in [2.24, 2.45) is 0 Å². The van der Waals surface area contributed by atoms with Crippen LogP contribution in [0.2, 0.25) is 0 Å². The summed E-state index contributed by atoms with van der Waals surface area (Å²) in [5, 5.41) is 6.58. The van der Waals surface area contributed by atoms with E-state index in [-0.39, 0.29) is 5.97 Å². The van der Waals surface area contributed by atoms with Crippen LogP contribution >= 0.6 is 12.2 Å². The van der Waals surface area contributed by atoms with E-state index in [4.69, 9.17) is 31.2 Å². The zero-order valence-corrected chi connectivity index (χ0v) is 17.1. The second kappa shape index (κ2) is 10.4. The van der Waals surface area contributed by atoms with E-state index in [1.54, 1.807) is 46.5 Å². The van der Waals surface area contributed by atoms with Crippen LogP contribution in [0.3, 0.4) is 0 Å². The Kier molecular flexibility index (Phi) is 7.88. The molecule has 0 atom stereocenters. The number of ether oxygens (including phenoxy) is 4. The second-order valence-electron chi connectivity index (χ2n) is 5.64. The van der Waals surface area contributed by atoms with Crippen molar-refractivity contribution in [2.45, 2.75) is 13.5 Å². The molecule has 0 aromatic heterocycles. The minimum atomic E-state index is -0.373. The van der Waals surface area contributed by atoms with E-state index in [0.717, 1.165) is 5.56 Å². The molecule has 0 radical (unpaired) electrons. The molecule has 0 unspecified atom stereocenters. The first kappa shape index (κ1) is 21.3. The number of hydrogen-bond donors (Lipinski definition) is 2. The van der Waals surface area contributed by atoms with E-state index < -0.39 is 0 Å². The highest BCUT2D eigenvalue weighted by molar-refractivity contribution is 7.80. The number of nitrogens with one attached hydrogen (secondary N) is 2. The van der Waals surface area contributed by atoms with Gasteiger partial charge in [-0.1, -0.05) is 6.07 Å². The molecule has 0 spiro atoms. The molecule has 0 saturated heterocycles. The van der Waals surface area contributed by atoms with Crippen LogP contribution in [0.15, 0.2) is 36.4 Å². The fourth-order valence-corrected chi connectivity index (χ4v) is 2.72. The van der Waals surface area contributed by atoms with Gasteiger partial charge in [-0.25, -0.2) is 4.79 Å². The maximum Gasteiger partial charge on any atom is 0.338 e. The van der Waals surface area contributed by atoms with Crippen LogP contribution in [0, 0.1) is 0 Å². The third kappa shape index (κ3) is 5.50. The first-order valence-electron chi connectivity index (χ1n) is 8.63. The summed E-state index contributed by atoms with van der Waals surface area (Å²) in [6, 6.07) is 10.6. The van der Waals surface area contributed by atoms with Crippen LogP contribution in [0.4, 0.5) is 5.69 Å². The van der Waals surface area contributed by atoms with Gasteiger partial charge in [0.15, 0.2) is 16.6 Å². The Labute approximate surface area is 169 Å². The van der Waals surface area contributed by atoms with Crippen LogP contribution in [0.1, 0.15) is 22.8 Å². The molecule has 0 aliphatic rings. The monoisotopic (exact) mass is 404 g/mol. The van der Waals surface area contributed by atoms with Crippen molar-refractivity contribution in [3.63, 3.8) is 0 Å². The predicted octanol–water partition coefficient (Wildman–Crippen LogP) is 3.38. The molecule has 0 fully saturated rings. The van der Waals surface area contributed by atoms with Crippen molar-refractivity contribution in [3.05, 3.63) is 47.5 Å². The van der Waals surface area contributed by atoms with Crippen molar-refractivity contribution in [2.75, 3.05) is 33.3 Å². The van der Waals surface area contributed by atoms with E-state index >= 15 is 0 Å². The van der Waals surface area contributed by atoms with Crippen LogP contribution in [-0.4, -0.2) is 39.0 Å². The lowest BCUT2D eigenvalue weighted by Crippen LogP contribution is -2.28. The minimum Gasteiger partial charge on any atom is -0.493 e. The van der Waals surface area contributed by atoms with Crippen LogP contribution in [-0.2, 0) is 11.3 Å². The molecular weight excluding hydrogens is 380 g/mol. The maximum absolute atomic E-state index is 11.8. The van der Waals surface area contributed by atoms with E-state index in [2.05, 4.69) is 10.6 Å². The highest BCUT2D eigenvalue weighted by Crippen LogP contribution is 2.38. The van der Waals surface area contributed by atoms with Crippen LogP contribution < -0.4 is 24.8 Å². The summed E-state index contributed by atoms with van der Waals surface area (Å²) < 4.78 is 21.0. The van der Waals surface area contributed by atoms with Crippen molar-refractivity contribution in [3.8, 4) is 17.2 Å². The summed E-state index contributed by atoms with van der Waals surface area (Å²) in [5.41, 5.74) is 2.05. The van der Waals surface area contributed by atoms with Crippen LogP contribution in [0.25, 0.3) is 0 Å². The molecule has 2 rings (SSSR count). The largest absolute Gasteiger partial charge is 0.493 e. The molecule has 150 valence electrons. The van der Waals surface area contributed by atoms with Crippen molar-refractivity contribution < 1.29 is 23.7 Å². The van der Waals surface area contributed by atoms with Gasteiger partial charge in [-0.2, -0.15) is 0 Å². The summed E-state index contributed by atoms with van der Waals surface area (Å²) in [6.45, 7) is 2.54. The number of anilines is 1. The highest BCUT2D eigenvalue weighted by atomic mass is 32.1. The van der Waals surface area contributed by atoms with Gasteiger partial charge in [0.2, 0.25) is 5.75 Å². The molecule has 0 amide bonds. The number of hydrogen-bond acceptors (Lipinski definition) is 6. The predicted molar refractivity (Wildman–Crippen MR) is 112 cm³/mol. The SMILES string of the molecule is CCOC(=O)c1cccc(NC(=S)NCc2cc(OC)c(OC)c(OC)c2)c1. The normalized spacial score (nSPS) is 10.0. The quantitative estimate of drug-likeness (QED) is 0.512. The molecule has 0 aliphatic heterocycles. The molecule has 0 heterocycles. The van der Waals surface area contributed by atoms with Gasteiger partial charge in [-0.05, 0) is 55.0 Å². The number of methoxy groups -OCH3 is 3. The molecule has 2 N–H and O–H groups in total. The third-order valence-corrected chi connectivity index (χ3v) is 4.06. The van der Waals surface area contributed by atoms with Gasteiger partial charge >= 0.3 is 5.97 Å². The number of thiocarbonyl (C=S) groups is 1. The number of carbonyl (C=O) groups excluding carboxylic acids is 1. The topological polar surface area (TPSA) is 78.1 Å². The fourth-order valence-electron chi connectivity index (χ4n) is 2.53. The molecule has 8 heteroatoms. The summed E-state index contributed by atoms with van der Waals surface area (Å²) in [6.07, 6.45) is 0. The zero-order chi connectivity index (χ0) is 20.5. The van der Waals surface area contributed by atoms with Crippen molar-refractivity contribution in [1.29, 1.82) is 0 Å². The minimum absolute atomic E-state index is 0.325. The van der Waals surface area contributed by atoms with Crippen molar-refractivity contribution >= 4 is 29.0 Å². The maximum atomic E-state index is 11.8. The number of esters is 1. The Morgan fingerprint density at radius 1 is 1.04 bits per heavy atom. The van der Waals surface area contributed by atoms with Crippen molar-refractivity contribution in [1.82, 2.24) is 5.32 Å². The summed E-state index contributed by atoms with van der Waals surface area (Å²) >= 11 is 5.34. The highest BCUT2D eigenvalue weighted by Gasteiger charge is 2.13. The molecule has 2 aromatic carbocycles. The second-order valence-corrected chi connectivity index (χ2v) is 6.05. The molecule has 0 saturated carbocycles. The van der Waals surface area contributed by atoms with Gasteiger partial charge < -0.3 is 29.6 Å². The van der Waals surface area contributed by atoms with Gasteiger partial charge in [-0.15, -0.1) is 0 Å². The Balaban J connectivity index is 2.03. The first-order valence-corrected chi connectivity index (χ1v) is 9.04. The number of carbonyl (C=O) groups is 1. The number of rotatable bonds is 8. The van der Waals surface area contributed by atoms with E-state index in [0.29, 0.717) is 46.8 Å². The van der Waals surface area contributed by atoms with Gasteiger partial charge in [0.05, 0.1) is 33.5 Å². The lowest BCUT2D eigenvalue weighted by atomic mass is 10.2. The smallest absolute Gasteiger partial charge is 0.338 e. The van der Waals surface area contributed by atoms with E-state index in [1.165, 1.54) is 0 Å². The number of benzene rings is 2.